The Balaban J connectivity index is 2.16. The van der Waals surface area contributed by atoms with Crippen molar-refractivity contribution < 1.29 is 0 Å². The van der Waals surface area contributed by atoms with E-state index in [0.717, 1.165) is 25.1 Å². The van der Waals surface area contributed by atoms with Crippen LogP contribution in [0.3, 0.4) is 0 Å². The molecule has 1 heterocycles. The van der Waals surface area contributed by atoms with Gasteiger partial charge in [-0.3, -0.25) is 9.67 Å². The molecular formula is C22H35N3. The van der Waals surface area contributed by atoms with E-state index < -0.39 is 0 Å². The number of aliphatic imine (C=N–C) groups is 1. The Morgan fingerprint density at radius 2 is 2.08 bits per heavy atom. The van der Waals surface area contributed by atoms with Gasteiger partial charge in [0.2, 0.25) is 0 Å². The molecule has 3 heteroatoms. The smallest absolute Gasteiger partial charge is 0.0706 e. The van der Waals surface area contributed by atoms with Crippen LogP contribution in [0.15, 0.2) is 40.7 Å². The van der Waals surface area contributed by atoms with E-state index >= 15 is 0 Å². The number of hydrogen-bond acceptors (Lipinski definition) is 2. The summed E-state index contributed by atoms with van der Waals surface area (Å²) in [6, 6.07) is 0. The Bertz CT molecular complexity index is 633. The van der Waals surface area contributed by atoms with Crippen LogP contribution in [0.5, 0.6) is 0 Å². The minimum absolute atomic E-state index is 0.621. The van der Waals surface area contributed by atoms with E-state index in [-0.39, 0.29) is 0 Å². The monoisotopic (exact) mass is 341 g/mol. The highest BCUT2D eigenvalue weighted by Gasteiger charge is 2.17. The van der Waals surface area contributed by atoms with Crippen molar-refractivity contribution in [2.24, 2.45) is 10.9 Å². The number of nitrogens with zero attached hydrogens (tertiary/aromatic N) is 3. The molecule has 2 rings (SSSR count). The van der Waals surface area contributed by atoms with Crippen LogP contribution in [0.1, 0.15) is 77.7 Å². The molecule has 1 atom stereocenters. The van der Waals surface area contributed by atoms with Crippen molar-refractivity contribution >= 4 is 5.71 Å². The molecule has 1 aromatic rings. The Morgan fingerprint density at radius 1 is 1.32 bits per heavy atom. The maximum Gasteiger partial charge on any atom is 0.0706 e. The van der Waals surface area contributed by atoms with E-state index in [9.17, 15) is 0 Å². The first-order chi connectivity index (χ1) is 12.0. The van der Waals surface area contributed by atoms with Crippen molar-refractivity contribution in [1.82, 2.24) is 9.78 Å². The standard InChI is InChI=1S/C22H35N3/c1-6-10-19(13-17(2)3)15-25-16-20(14-24-25)22(23-5)21-12-9-7-8-11-18(21)4/h14,16,19H,2,6-13,15H2,1,3-5H3/b23-22-. The van der Waals surface area contributed by atoms with Gasteiger partial charge in [0.1, 0.15) is 0 Å². The number of hydrogen-bond donors (Lipinski definition) is 0. The summed E-state index contributed by atoms with van der Waals surface area (Å²) in [6.07, 6.45) is 14.0. The minimum atomic E-state index is 0.621. The maximum absolute atomic E-state index is 4.64. The lowest BCUT2D eigenvalue weighted by molar-refractivity contribution is 0.387. The van der Waals surface area contributed by atoms with Crippen LogP contribution in [0.25, 0.3) is 0 Å². The second kappa shape index (κ2) is 9.74. The van der Waals surface area contributed by atoms with Crippen LogP contribution >= 0.6 is 0 Å². The molecule has 0 aliphatic heterocycles. The molecule has 1 aliphatic rings. The Hall–Kier alpha value is -1.64. The number of aromatic nitrogens is 2. The van der Waals surface area contributed by atoms with E-state index in [4.69, 9.17) is 0 Å². The lowest BCUT2D eigenvalue weighted by Crippen LogP contribution is -2.12. The van der Waals surface area contributed by atoms with E-state index in [0.29, 0.717) is 5.92 Å². The quantitative estimate of drug-likeness (QED) is 0.423. The Kier molecular flexibility index (Phi) is 7.67. The summed E-state index contributed by atoms with van der Waals surface area (Å²) < 4.78 is 2.11. The van der Waals surface area contributed by atoms with E-state index in [1.54, 1.807) is 0 Å². The third kappa shape index (κ3) is 5.69. The molecule has 0 saturated carbocycles. The van der Waals surface area contributed by atoms with Gasteiger partial charge >= 0.3 is 0 Å². The number of rotatable bonds is 8. The van der Waals surface area contributed by atoms with Gasteiger partial charge in [-0.2, -0.15) is 5.10 Å². The van der Waals surface area contributed by atoms with Crippen LogP contribution in [-0.4, -0.2) is 22.5 Å². The van der Waals surface area contributed by atoms with Gasteiger partial charge in [-0.25, -0.2) is 0 Å². The summed E-state index contributed by atoms with van der Waals surface area (Å²) in [7, 11) is 1.92. The summed E-state index contributed by atoms with van der Waals surface area (Å²) in [5.41, 5.74) is 6.55. The van der Waals surface area contributed by atoms with E-state index in [1.165, 1.54) is 60.8 Å². The molecule has 0 fully saturated rings. The second-order valence-electron chi connectivity index (χ2n) is 7.66. The SMILES string of the molecule is C=C(C)CC(CCC)Cn1cc(/C(=N/C)C2=C(C)CCCCC2)cn1. The van der Waals surface area contributed by atoms with Crippen LogP contribution in [0, 0.1) is 5.92 Å². The highest BCUT2D eigenvalue weighted by molar-refractivity contribution is 6.12. The van der Waals surface area contributed by atoms with Gasteiger partial charge in [-0.1, -0.05) is 30.9 Å². The Labute approximate surface area is 153 Å². The third-order valence-corrected chi connectivity index (χ3v) is 5.19. The molecule has 0 aromatic carbocycles. The zero-order chi connectivity index (χ0) is 18.2. The molecule has 0 amide bonds. The van der Waals surface area contributed by atoms with Gasteiger partial charge in [0.15, 0.2) is 0 Å². The first kappa shape index (κ1) is 19.7. The highest BCUT2D eigenvalue weighted by atomic mass is 15.3. The van der Waals surface area contributed by atoms with Gasteiger partial charge in [0.25, 0.3) is 0 Å². The minimum Gasteiger partial charge on any atom is -0.288 e. The molecule has 25 heavy (non-hydrogen) atoms. The maximum atomic E-state index is 4.64. The van der Waals surface area contributed by atoms with Crippen molar-refractivity contribution in [3.05, 3.63) is 41.3 Å². The molecule has 0 spiro atoms. The molecule has 1 aliphatic carbocycles. The van der Waals surface area contributed by atoms with Gasteiger partial charge < -0.3 is 0 Å². The first-order valence-corrected chi connectivity index (χ1v) is 9.88. The molecule has 0 N–H and O–H groups in total. The van der Waals surface area contributed by atoms with Gasteiger partial charge in [-0.05, 0) is 63.9 Å². The zero-order valence-corrected chi connectivity index (χ0v) is 16.6. The van der Waals surface area contributed by atoms with Gasteiger partial charge in [0.05, 0.1) is 11.9 Å². The van der Waals surface area contributed by atoms with Crippen molar-refractivity contribution in [3.8, 4) is 0 Å². The van der Waals surface area contributed by atoms with Crippen molar-refractivity contribution in [3.63, 3.8) is 0 Å². The Morgan fingerprint density at radius 3 is 2.76 bits per heavy atom. The fourth-order valence-corrected chi connectivity index (χ4v) is 4.00. The van der Waals surface area contributed by atoms with Gasteiger partial charge in [0, 0.05) is 25.4 Å². The lowest BCUT2D eigenvalue weighted by atomic mass is 9.96. The third-order valence-electron chi connectivity index (χ3n) is 5.19. The summed E-state index contributed by atoms with van der Waals surface area (Å²) in [5, 5.41) is 4.64. The second-order valence-corrected chi connectivity index (χ2v) is 7.66. The summed E-state index contributed by atoms with van der Waals surface area (Å²) in [5.74, 6) is 0.621. The fraction of sp³-hybridized carbons (Fsp3) is 0.636. The van der Waals surface area contributed by atoms with Crippen molar-refractivity contribution in [2.75, 3.05) is 7.05 Å². The van der Waals surface area contributed by atoms with Gasteiger partial charge in [-0.15, -0.1) is 6.58 Å². The van der Waals surface area contributed by atoms with Crippen molar-refractivity contribution in [2.45, 2.75) is 78.7 Å². The predicted octanol–water partition coefficient (Wildman–Crippen LogP) is 5.97. The van der Waals surface area contributed by atoms with Crippen LogP contribution in [0.4, 0.5) is 0 Å². The zero-order valence-electron chi connectivity index (χ0n) is 16.6. The number of allylic oxidation sites excluding steroid dienone is 3. The average molecular weight is 342 g/mol. The summed E-state index contributed by atoms with van der Waals surface area (Å²) in [4.78, 5) is 4.64. The first-order valence-electron chi connectivity index (χ1n) is 9.88. The summed E-state index contributed by atoms with van der Waals surface area (Å²) >= 11 is 0. The average Bonchev–Trinajstić information content (AvgIpc) is 2.90. The van der Waals surface area contributed by atoms with Crippen LogP contribution in [0.2, 0.25) is 0 Å². The molecule has 0 saturated heterocycles. The van der Waals surface area contributed by atoms with Crippen LogP contribution < -0.4 is 0 Å². The summed E-state index contributed by atoms with van der Waals surface area (Å²) in [6.45, 7) is 11.7. The largest absolute Gasteiger partial charge is 0.288 e. The topological polar surface area (TPSA) is 30.2 Å². The predicted molar refractivity (Wildman–Crippen MR) is 108 cm³/mol. The lowest BCUT2D eigenvalue weighted by Gasteiger charge is -2.16. The van der Waals surface area contributed by atoms with E-state index in [2.05, 4.69) is 48.3 Å². The highest BCUT2D eigenvalue weighted by Crippen LogP contribution is 2.27. The van der Waals surface area contributed by atoms with Crippen LogP contribution in [-0.2, 0) is 6.54 Å². The molecule has 3 nitrogen and oxygen atoms in total. The van der Waals surface area contributed by atoms with E-state index in [1.807, 2.05) is 13.2 Å². The molecule has 1 aromatic heterocycles. The molecule has 1 unspecified atom stereocenters. The fourth-order valence-electron chi connectivity index (χ4n) is 4.00. The normalized spacial score (nSPS) is 17.5. The molecule has 0 radical (unpaired) electrons. The van der Waals surface area contributed by atoms with Crippen molar-refractivity contribution in [1.29, 1.82) is 0 Å². The molecular weight excluding hydrogens is 306 g/mol. The molecule has 0 bridgehead atoms. The molecule has 138 valence electrons.